The van der Waals surface area contributed by atoms with E-state index in [0.29, 0.717) is 5.69 Å². The largest absolute Gasteiger partial charge is 0.377 e. The standard InChI is InChI=1S/C9H10Br2N4OS/c10-5-1-2-7(6(11)3-5)14-8(16)4-17-9(12)15-13/h1-3H,4,13H2,(H2,12,15)(H,14,16). The smallest absolute Gasteiger partial charge is 0.234 e. The number of hydrazone groups is 1. The van der Waals surface area contributed by atoms with Gasteiger partial charge >= 0.3 is 0 Å². The number of thioether (sulfide) groups is 1. The van der Waals surface area contributed by atoms with Crippen molar-refractivity contribution in [3.05, 3.63) is 27.1 Å². The topological polar surface area (TPSA) is 93.5 Å². The number of benzene rings is 1. The zero-order chi connectivity index (χ0) is 12.8. The minimum Gasteiger partial charge on any atom is -0.377 e. The number of hydrogen-bond donors (Lipinski definition) is 3. The van der Waals surface area contributed by atoms with Gasteiger partial charge in [-0.3, -0.25) is 4.79 Å². The van der Waals surface area contributed by atoms with Crippen LogP contribution < -0.4 is 16.9 Å². The molecule has 5 nitrogen and oxygen atoms in total. The van der Waals surface area contributed by atoms with E-state index >= 15 is 0 Å². The van der Waals surface area contributed by atoms with Crippen molar-refractivity contribution in [2.45, 2.75) is 0 Å². The Labute approximate surface area is 120 Å². The van der Waals surface area contributed by atoms with Crippen molar-refractivity contribution in [3.63, 3.8) is 0 Å². The Morgan fingerprint density at radius 1 is 1.47 bits per heavy atom. The van der Waals surface area contributed by atoms with E-state index in [-0.39, 0.29) is 16.8 Å². The Balaban J connectivity index is 2.56. The van der Waals surface area contributed by atoms with Crippen LogP contribution in [-0.2, 0) is 4.79 Å². The molecule has 0 aliphatic carbocycles. The Bertz CT molecular complexity index is 453. The van der Waals surface area contributed by atoms with Gasteiger partial charge in [0.15, 0.2) is 5.17 Å². The number of carbonyl (C=O) groups is 1. The van der Waals surface area contributed by atoms with E-state index in [1.165, 1.54) is 0 Å². The first kappa shape index (κ1) is 14.3. The Hall–Kier alpha value is -0.730. The van der Waals surface area contributed by atoms with E-state index in [4.69, 9.17) is 11.6 Å². The van der Waals surface area contributed by atoms with Crippen molar-refractivity contribution >= 4 is 60.4 Å². The second-order valence-corrected chi connectivity index (χ2v) is 5.69. The van der Waals surface area contributed by atoms with Crippen molar-refractivity contribution in [2.24, 2.45) is 16.7 Å². The third kappa shape index (κ3) is 4.97. The number of nitrogens with two attached hydrogens (primary N) is 2. The van der Waals surface area contributed by atoms with Gasteiger partial charge in [-0.15, -0.1) is 0 Å². The minimum atomic E-state index is -0.176. The van der Waals surface area contributed by atoms with Gasteiger partial charge in [-0.2, -0.15) is 5.10 Å². The van der Waals surface area contributed by atoms with E-state index in [1.807, 2.05) is 12.1 Å². The third-order valence-electron chi connectivity index (χ3n) is 1.68. The molecule has 0 fully saturated rings. The molecule has 1 amide bonds. The van der Waals surface area contributed by atoms with Gasteiger partial charge in [-0.25, -0.2) is 0 Å². The summed E-state index contributed by atoms with van der Waals surface area (Å²) >= 11 is 7.76. The van der Waals surface area contributed by atoms with Crippen LogP contribution in [0.2, 0.25) is 0 Å². The quantitative estimate of drug-likeness (QED) is 0.323. The molecular weight excluding hydrogens is 372 g/mol. The zero-order valence-electron chi connectivity index (χ0n) is 8.61. The number of carbonyl (C=O) groups excluding carboxylic acids is 1. The van der Waals surface area contributed by atoms with E-state index in [1.54, 1.807) is 6.07 Å². The summed E-state index contributed by atoms with van der Waals surface area (Å²) in [5.41, 5.74) is 6.05. The van der Waals surface area contributed by atoms with E-state index in [2.05, 4.69) is 42.3 Å². The van der Waals surface area contributed by atoms with E-state index in [0.717, 1.165) is 20.7 Å². The van der Waals surface area contributed by atoms with Gasteiger partial charge in [0.2, 0.25) is 5.91 Å². The third-order valence-corrected chi connectivity index (χ3v) is 3.64. The molecular formula is C9H10Br2N4OS. The normalized spacial score (nSPS) is 11.3. The predicted octanol–water partition coefficient (Wildman–Crippen LogP) is 2.07. The molecule has 92 valence electrons. The maximum Gasteiger partial charge on any atom is 0.234 e. The molecule has 0 spiro atoms. The molecule has 0 heterocycles. The summed E-state index contributed by atoms with van der Waals surface area (Å²) < 4.78 is 1.72. The fraction of sp³-hybridized carbons (Fsp3) is 0.111. The number of amidine groups is 1. The van der Waals surface area contributed by atoms with Crippen LogP contribution in [-0.4, -0.2) is 16.8 Å². The highest BCUT2D eigenvalue weighted by Gasteiger charge is 2.07. The summed E-state index contributed by atoms with van der Waals surface area (Å²) in [6, 6.07) is 5.47. The highest BCUT2D eigenvalue weighted by molar-refractivity contribution is 9.11. The van der Waals surface area contributed by atoms with Gasteiger partial charge in [-0.1, -0.05) is 27.7 Å². The average molecular weight is 382 g/mol. The van der Waals surface area contributed by atoms with Crippen LogP contribution in [0, 0.1) is 0 Å². The molecule has 0 aromatic heterocycles. The molecule has 0 atom stereocenters. The Morgan fingerprint density at radius 3 is 2.76 bits per heavy atom. The lowest BCUT2D eigenvalue weighted by Crippen LogP contribution is -2.18. The molecule has 1 aromatic rings. The van der Waals surface area contributed by atoms with Crippen LogP contribution >= 0.6 is 43.6 Å². The minimum absolute atomic E-state index is 0.162. The van der Waals surface area contributed by atoms with Gasteiger partial charge in [0.25, 0.3) is 0 Å². The molecule has 1 rings (SSSR count). The number of amides is 1. The predicted molar refractivity (Wildman–Crippen MR) is 78.7 cm³/mol. The first-order valence-electron chi connectivity index (χ1n) is 4.44. The van der Waals surface area contributed by atoms with Gasteiger partial charge < -0.3 is 16.9 Å². The van der Waals surface area contributed by atoms with E-state index in [9.17, 15) is 4.79 Å². The second-order valence-electron chi connectivity index (χ2n) is 2.93. The monoisotopic (exact) mass is 380 g/mol. The highest BCUT2D eigenvalue weighted by atomic mass is 79.9. The molecule has 1 aromatic carbocycles. The summed E-state index contributed by atoms with van der Waals surface area (Å²) in [5.74, 6) is 4.93. The maximum atomic E-state index is 11.6. The van der Waals surface area contributed by atoms with Crippen LogP contribution in [0.25, 0.3) is 0 Å². The lowest BCUT2D eigenvalue weighted by Gasteiger charge is -2.07. The van der Waals surface area contributed by atoms with Gasteiger partial charge in [0, 0.05) is 8.95 Å². The Kier molecular flexibility index (Phi) is 5.79. The SMILES string of the molecule is NN=C(N)SCC(=O)Nc1ccc(Br)cc1Br. The maximum absolute atomic E-state index is 11.6. The molecule has 8 heteroatoms. The lowest BCUT2D eigenvalue weighted by molar-refractivity contribution is -0.113. The van der Waals surface area contributed by atoms with Crippen LogP contribution in [0.3, 0.4) is 0 Å². The highest BCUT2D eigenvalue weighted by Crippen LogP contribution is 2.26. The van der Waals surface area contributed by atoms with Gasteiger partial charge in [0.1, 0.15) is 0 Å². The lowest BCUT2D eigenvalue weighted by atomic mass is 10.3. The molecule has 0 saturated heterocycles. The van der Waals surface area contributed by atoms with Crippen LogP contribution in [0.5, 0.6) is 0 Å². The number of anilines is 1. The van der Waals surface area contributed by atoms with Gasteiger partial charge in [0.05, 0.1) is 11.4 Å². The van der Waals surface area contributed by atoms with Crippen LogP contribution in [0.15, 0.2) is 32.2 Å². The Morgan fingerprint density at radius 2 is 2.18 bits per heavy atom. The van der Waals surface area contributed by atoms with Crippen LogP contribution in [0.4, 0.5) is 5.69 Å². The summed E-state index contributed by atoms with van der Waals surface area (Å²) in [6.07, 6.45) is 0. The summed E-state index contributed by atoms with van der Waals surface area (Å²) in [5, 5.41) is 6.17. The number of rotatable bonds is 3. The number of nitrogens with zero attached hydrogens (tertiary/aromatic N) is 1. The zero-order valence-corrected chi connectivity index (χ0v) is 12.6. The summed E-state index contributed by atoms with van der Waals surface area (Å²) in [7, 11) is 0. The average Bonchev–Trinajstić information content (AvgIpc) is 2.29. The van der Waals surface area contributed by atoms with Crippen molar-refractivity contribution < 1.29 is 4.79 Å². The molecule has 0 radical (unpaired) electrons. The molecule has 0 aliphatic heterocycles. The van der Waals surface area contributed by atoms with Crippen molar-refractivity contribution in [3.8, 4) is 0 Å². The van der Waals surface area contributed by atoms with Crippen molar-refractivity contribution in [1.29, 1.82) is 0 Å². The summed E-state index contributed by atoms with van der Waals surface area (Å²) in [6.45, 7) is 0. The second kappa shape index (κ2) is 6.87. The molecule has 5 N–H and O–H groups in total. The number of hydrogen-bond acceptors (Lipinski definition) is 4. The first-order chi connectivity index (χ1) is 8.02. The number of halogens is 2. The first-order valence-corrected chi connectivity index (χ1v) is 7.01. The fourth-order valence-electron chi connectivity index (χ4n) is 0.954. The van der Waals surface area contributed by atoms with E-state index < -0.39 is 0 Å². The van der Waals surface area contributed by atoms with Gasteiger partial charge in [-0.05, 0) is 34.1 Å². The molecule has 0 bridgehead atoms. The molecule has 17 heavy (non-hydrogen) atoms. The van der Waals surface area contributed by atoms with Crippen molar-refractivity contribution in [1.82, 2.24) is 0 Å². The summed E-state index contributed by atoms with van der Waals surface area (Å²) in [4.78, 5) is 11.6. The van der Waals surface area contributed by atoms with Crippen LogP contribution in [0.1, 0.15) is 0 Å². The molecule has 0 unspecified atom stereocenters. The molecule has 0 aliphatic rings. The molecule has 0 saturated carbocycles. The fourth-order valence-corrected chi connectivity index (χ4v) is 2.53. The number of nitrogens with one attached hydrogen (secondary N) is 1. The van der Waals surface area contributed by atoms with Crippen molar-refractivity contribution in [2.75, 3.05) is 11.1 Å².